The number of halogens is 2. The fraction of sp³-hybridized carbons (Fsp3) is 0. The van der Waals surface area contributed by atoms with Crippen molar-refractivity contribution >= 4 is 75.2 Å². The van der Waals surface area contributed by atoms with Gasteiger partial charge >= 0.3 is 6.03 Å². The van der Waals surface area contributed by atoms with Crippen LogP contribution in [0.1, 0.15) is 11.3 Å². The number of fused-ring (bicyclic) bond motifs is 1. The first-order chi connectivity index (χ1) is 16.9. The number of carbonyl (C=O) groups is 2. The number of nitrogens with one attached hydrogen (secondary N) is 5. The van der Waals surface area contributed by atoms with Crippen LogP contribution in [0.2, 0.25) is 10.0 Å². The molecule has 0 bridgehead atoms. The Morgan fingerprint density at radius 3 is 2.51 bits per heavy atom. The Kier molecular flexibility index (Phi) is 6.18. The van der Waals surface area contributed by atoms with Gasteiger partial charge in [0.05, 0.1) is 22.0 Å². The predicted molar refractivity (Wildman–Crippen MR) is 143 cm³/mol. The number of amides is 3. The zero-order valence-corrected chi connectivity index (χ0v) is 19.7. The first-order valence-electron chi connectivity index (χ1n) is 10.7. The van der Waals surface area contributed by atoms with Crippen LogP contribution in [0.25, 0.3) is 11.6 Å². The molecule has 4 aromatic rings. The van der Waals surface area contributed by atoms with Crippen molar-refractivity contribution in [1.29, 1.82) is 0 Å². The molecule has 0 saturated heterocycles. The number of aromatic amines is 1. The van der Waals surface area contributed by atoms with Crippen molar-refractivity contribution < 1.29 is 9.59 Å². The molecule has 3 aromatic carbocycles. The maximum absolute atomic E-state index is 12.5. The Hall–Kier alpha value is -4.20. The van der Waals surface area contributed by atoms with Crippen LogP contribution in [0.15, 0.2) is 79.0 Å². The highest BCUT2D eigenvalue weighted by Crippen LogP contribution is 2.35. The maximum atomic E-state index is 12.5. The Morgan fingerprint density at radius 2 is 1.69 bits per heavy atom. The highest BCUT2D eigenvalue weighted by Gasteiger charge is 2.24. The SMILES string of the molecule is O=C(Nc1cccc(Nc2ccc3c(c2)NC(=O)/C3=C\c2ccc[nH]2)c1)Nc1cc(Cl)ccc1Cl. The fourth-order valence-electron chi connectivity index (χ4n) is 3.72. The number of anilines is 5. The van der Waals surface area contributed by atoms with E-state index in [2.05, 4.69) is 26.3 Å². The average Bonchev–Trinajstić information content (AvgIpc) is 3.44. The predicted octanol–water partition coefficient (Wildman–Crippen LogP) is 7.20. The standard InChI is InChI=1S/C26H19Cl2N5O2/c27-15-6-9-22(28)24(11-15)33-26(35)31-18-4-1-3-17(12-18)30-19-7-8-20-21(13-16-5-2-10-29-16)25(34)32-23(20)14-19/h1-14,29-30H,(H,32,34)(H2,31,33,35)/b21-13-. The van der Waals surface area contributed by atoms with Crippen LogP contribution in [-0.4, -0.2) is 16.9 Å². The topological polar surface area (TPSA) is 98.1 Å². The second-order valence-electron chi connectivity index (χ2n) is 7.81. The molecule has 0 fully saturated rings. The maximum Gasteiger partial charge on any atom is 0.323 e. The van der Waals surface area contributed by atoms with E-state index in [1.807, 2.05) is 54.7 Å². The van der Waals surface area contributed by atoms with Gasteiger partial charge in [-0.15, -0.1) is 0 Å². The number of hydrogen-bond acceptors (Lipinski definition) is 3. The highest BCUT2D eigenvalue weighted by molar-refractivity contribution is 6.36. The summed E-state index contributed by atoms with van der Waals surface area (Å²) in [5.41, 5.74) is 5.56. The van der Waals surface area contributed by atoms with Crippen LogP contribution in [0.5, 0.6) is 0 Å². The van der Waals surface area contributed by atoms with Crippen LogP contribution in [0, 0.1) is 0 Å². The molecule has 2 heterocycles. The van der Waals surface area contributed by atoms with Crippen molar-refractivity contribution in [1.82, 2.24) is 4.98 Å². The summed E-state index contributed by atoms with van der Waals surface area (Å²) in [6.07, 6.45) is 3.64. The summed E-state index contributed by atoms with van der Waals surface area (Å²) in [5.74, 6) is -0.149. The van der Waals surface area contributed by atoms with Gasteiger partial charge in [0.1, 0.15) is 0 Å². The third-order valence-electron chi connectivity index (χ3n) is 5.31. The zero-order valence-electron chi connectivity index (χ0n) is 18.2. The van der Waals surface area contributed by atoms with E-state index in [-0.39, 0.29) is 5.91 Å². The molecule has 1 aromatic heterocycles. The molecular weight excluding hydrogens is 485 g/mol. The molecule has 7 nitrogen and oxygen atoms in total. The van der Waals surface area contributed by atoms with Crippen LogP contribution in [0.3, 0.4) is 0 Å². The molecular formula is C26H19Cl2N5O2. The monoisotopic (exact) mass is 503 g/mol. The van der Waals surface area contributed by atoms with E-state index in [9.17, 15) is 9.59 Å². The summed E-state index contributed by atoms with van der Waals surface area (Å²) in [6, 6.07) is 21.1. The number of hydrogen-bond donors (Lipinski definition) is 5. The van der Waals surface area contributed by atoms with Gasteiger partial charge in [-0.2, -0.15) is 0 Å². The average molecular weight is 504 g/mol. The summed E-state index contributed by atoms with van der Waals surface area (Å²) in [6.45, 7) is 0. The van der Waals surface area contributed by atoms with Gasteiger partial charge in [0.2, 0.25) is 0 Å². The molecule has 1 aliphatic heterocycles. The van der Waals surface area contributed by atoms with Crippen molar-refractivity contribution in [2.45, 2.75) is 0 Å². The van der Waals surface area contributed by atoms with E-state index < -0.39 is 6.03 Å². The number of aromatic nitrogens is 1. The van der Waals surface area contributed by atoms with Gasteiger partial charge in [-0.3, -0.25) is 4.79 Å². The molecule has 0 radical (unpaired) electrons. The number of benzene rings is 3. The molecule has 0 aliphatic carbocycles. The van der Waals surface area contributed by atoms with Gasteiger partial charge in [0, 0.05) is 39.5 Å². The molecule has 0 atom stereocenters. The Bertz CT molecular complexity index is 1460. The Morgan fingerprint density at radius 1 is 0.857 bits per heavy atom. The highest BCUT2D eigenvalue weighted by atomic mass is 35.5. The van der Waals surface area contributed by atoms with Crippen LogP contribution >= 0.6 is 23.2 Å². The van der Waals surface area contributed by atoms with Gasteiger partial charge in [-0.1, -0.05) is 35.3 Å². The zero-order chi connectivity index (χ0) is 24.4. The van der Waals surface area contributed by atoms with Crippen molar-refractivity contribution in [2.24, 2.45) is 0 Å². The quantitative estimate of drug-likeness (QED) is 0.186. The Balaban J connectivity index is 1.29. The van der Waals surface area contributed by atoms with Crippen LogP contribution < -0.4 is 21.3 Å². The number of carbonyl (C=O) groups excluding carboxylic acids is 2. The van der Waals surface area contributed by atoms with E-state index in [0.29, 0.717) is 27.0 Å². The molecule has 174 valence electrons. The molecule has 9 heteroatoms. The lowest BCUT2D eigenvalue weighted by molar-refractivity contribution is -0.110. The van der Waals surface area contributed by atoms with E-state index in [4.69, 9.17) is 23.2 Å². The van der Waals surface area contributed by atoms with Crippen molar-refractivity contribution in [3.05, 3.63) is 100 Å². The lowest BCUT2D eigenvalue weighted by Crippen LogP contribution is -2.19. The molecule has 3 amide bonds. The van der Waals surface area contributed by atoms with Gasteiger partial charge in [0.25, 0.3) is 5.91 Å². The molecule has 35 heavy (non-hydrogen) atoms. The first kappa shape index (κ1) is 22.6. The van der Waals surface area contributed by atoms with Crippen LogP contribution in [0.4, 0.5) is 33.2 Å². The largest absolute Gasteiger partial charge is 0.362 e. The fourth-order valence-corrected chi connectivity index (χ4v) is 4.06. The number of urea groups is 1. The third-order valence-corrected chi connectivity index (χ3v) is 5.87. The van der Waals surface area contributed by atoms with Gasteiger partial charge in [-0.25, -0.2) is 4.79 Å². The van der Waals surface area contributed by atoms with E-state index in [1.165, 1.54) is 0 Å². The second-order valence-corrected chi connectivity index (χ2v) is 8.65. The third kappa shape index (κ3) is 5.16. The molecule has 0 saturated carbocycles. The van der Waals surface area contributed by atoms with Gasteiger partial charge in [0.15, 0.2) is 0 Å². The summed E-state index contributed by atoms with van der Waals surface area (Å²) in [5, 5.41) is 12.5. The van der Waals surface area contributed by atoms with Crippen LogP contribution in [-0.2, 0) is 4.79 Å². The van der Waals surface area contributed by atoms with Crippen molar-refractivity contribution in [3.8, 4) is 0 Å². The van der Waals surface area contributed by atoms with E-state index in [0.717, 1.165) is 28.3 Å². The minimum atomic E-state index is -0.451. The molecule has 5 rings (SSSR count). The Labute approximate surface area is 211 Å². The summed E-state index contributed by atoms with van der Waals surface area (Å²) < 4.78 is 0. The summed E-state index contributed by atoms with van der Waals surface area (Å²) >= 11 is 12.1. The molecule has 1 aliphatic rings. The lowest BCUT2D eigenvalue weighted by Gasteiger charge is -2.12. The molecule has 5 N–H and O–H groups in total. The van der Waals surface area contributed by atoms with Crippen molar-refractivity contribution in [2.75, 3.05) is 21.3 Å². The lowest BCUT2D eigenvalue weighted by atomic mass is 10.1. The smallest absolute Gasteiger partial charge is 0.323 e. The van der Waals surface area contributed by atoms with E-state index in [1.54, 1.807) is 30.3 Å². The number of rotatable bonds is 5. The molecule has 0 unspecified atom stereocenters. The van der Waals surface area contributed by atoms with Gasteiger partial charge in [-0.05, 0) is 66.7 Å². The second kappa shape index (κ2) is 9.58. The first-order valence-corrected chi connectivity index (χ1v) is 11.4. The van der Waals surface area contributed by atoms with Gasteiger partial charge < -0.3 is 26.3 Å². The summed E-state index contributed by atoms with van der Waals surface area (Å²) in [7, 11) is 0. The molecule has 0 spiro atoms. The summed E-state index contributed by atoms with van der Waals surface area (Å²) in [4.78, 5) is 28.0. The normalized spacial score (nSPS) is 13.3. The minimum absolute atomic E-state index is 0.149. The number of H-pyrrole nitrogens is 1. The van der Waals surface area contributed by atoms with E-state index >= 15 is 0 Å². The van der Waals surface area contributed by atoms with Crippen molar-refractivity contribution in [3.63, 3.8) is 0 Å². The minimum Gasteiger partial charge on any atom is -0.362 e.